The van der Waals surface area contributed by atoms with Crippen molar-refractivity contribution in [3.8, 4) is 11.1 Å². The molecule has 0 heterocycles. The van der Waals surface area contributed by atoms with Crippen molar-refractivity contribution in [3.63, 3.8) is 0 Å². The maximum atomic E-state index is 10.3. The lowest BCUT2D eigenvalue weighted by Gasteiger charge is -2.06. The zero-order valence-electron chi connectivity index (χ0n) is 11.2. The van der Waals surface area contributed by atoms with E-state index in [1.165, 1.54) is 0 Å². The Morgan fingerprint density at radius 3 is 1.45 bits per heavy atom. The molecule has 2 aromatic carbocycles. The first-order valence-corrected chi connectivity index (χ1v) is 6.96. The van der Waals surface area contributed by atoms with E-state index in [9.17, 15) is 9.59 Å². The van der Waals surface area contributed by atoms with E-state index in [0.717, 1.165) is 23.6 Å². The minimum absolute atomic E-state index is 0.426. The van der Waals surface area contributed by atoms with Crippen LogP contribution in [0.2, 0.25) is 10.0 Å². The van der Waals surface area contributed by atoms with Crippen molar-refractivity contribution in [2.45, 2.75) is 0 Å². The van der Waals surface area contributed by atoms with Gasteiger partial charge in [0.1, 0.15) is 0 Å². The van der Waals surface area contributed by atoms with Crippen molar-refractivity contribution in [1.82, 2.24) is 0 Å². The molecule has 0 aliphatic heterocycles. The minimum Gasteiger partial charge on any atom is -0.297 e. The van der Waals surface area contributed by atoms with Crippen LogP contribution in [0.3, 0.4) is 0 Å². The third-order valence-electron chi connectivity index (χ3n) is 2.78. The van der Waals surface area contributed by atoms with Gasteiger partial charge in [-0.05, 0) is 35.4 Å². The van der Waals surface area contributed by atoms with Crippen molar-refractivity contribution >= 4 is 59.6 Å². The highest BCUT2D eigenvalue weighted by Crippen LogP contribution is 2.34. The van der Waals surface area contributed by atoms with Crippen molar-refractivity contribution in [2.75, 3.05) is 0 Å². The Morgan fingerprint density at radius 2 is 1.14 bits per heavy atom. The molecule has 0 aromatic heterocycles. The second kappa shape index (κ2) is 7.64. The fourth-order valence-corrected chi connectivity index (χ4v) is 2.26. The molecule has 0 fully saturated rings. The average molecular weight is 333 g/mol. The zero-order chi connectivity index (χ0) is 15.9. The van der Waals surface area contributed by atoms with Gasteiger partial charge < -0.3 is 0 Å². The van der Waals surface area contributed by atoms with Gasteiger partial charge in [-0.25, -0.2) is 0 Å². The fraction of sp³-hybridized carbons (Fsp3) is 0. The summed E-state index contributed by atoms with van der Waals surface area (Å²) < 4.78 is 0. The Bertz CT molecular complexity index is 705. The summed E-state index contributed by atoms with van der Waals surface area (Å²) >= 11 is 12.3. The number of rotatable bonds is 5. The molecule has 0 aliphatic carbocycles. The van der Waals surface area contributed by atoms with Gasteiger partial charge in [0.15, 0.2) is 12.6 Å². The predicted octanol–water partition coefficient (Wildman–Crippen LogP) is 4.46. The first-order chi connectivity index (χ1) is 10.7. The van der Waals surface area contributed by atoms with E-state index in [2.05, 4.69) is 9.98 Å². The second-order valence-corrected chi connectivity index (χ2v) is 4.98. The second-order valence-electron chi connectivity index (χ2n) is 4.16. The number of aliphatic imine (C=N–C) groups is 2. The van der Waals surface area contributed by atoms with Crippen molar-refractivity contribution < 1.29 is 9.59 Å². The van der Waals surface area contributed by atoms with Crippen LogP contribution in [-0.2, 0) is 9.59 Å². The Morgan fingerprint density at radius 1 is 0.727 bits per heavy atom. The molecule has 0 N–H and O–H groups in total. The van der Waals surface area contributed by atoms with Crippen LogP contribution >= 0.6 is 23.2 Å². The van der Waals surface area contributed by atoms with Crippen molar-refractivity contribution in [3.05, 3.63) is 46.4 Å². The number of carbonyl (C=O) groups excluding carboxylic acids is 2. The van der Waals surface area contributed by atoms with Gasteiger partial charge >= 0.3 is 0 Å². The quantitative estimate of drug-likeness (QED) is 0.599. The highest BCUT2D eigenvalue weighted by molar-refractivity contribution is 6.34. The molecule has 110 valence electrons. The van der Waals surface area contributed by atoms with Gasteiger partial charge in [0.2, 0.25) is 0 Å². The maximum absolute atomic E-state index is 10.3. The summed E-state index contributed by atoms with van der Waals surface area (Å²) in [7, 11) is 0. The molecule has 2 aromatic rings. The van der Waals surface area contributed by atoms with Gasteiger partial charge in [-0.3, -0.25) is 19.6 Å². The Kier molecular flexibility index (Phi) is 5.58. The summed E-state index contributed by atoms with van der Waals surface area (Å²) in [4.78, 5) is 28.4. The summed E-state index contributed by atoms with van der Waals surface area (Å²) in [6.45, 7) is 0. The molecule has 22 heavy (non-hydrogen) atoms. The lowest BCUT2D eigenvalue weighted by atomic mass is 10.0. The lowest BCUT2D eigenvalue weighted by molar-refractivity contribution is -0.103. The van der Waals surface area contributed by atoms with E-state index >= 15 is 0 Å². The molecule has 0 aliphatic rings. The SMILES string of the molecule is O=CC=Nc1ccc(-c2ccc(N=CC=O)c(Cl)c2)cc1Cl. The largest absolute Gasteiger partial charge is 0.297 e. The zero-order valence-corrected chi connectivity index (χ0v) is 12.8. The summed E-state index contributed by atoms with van der Waals surface area (Å²) in [5.41, 5.74) is 2.72. The number of hydrogen-bond donors (Lipinski definition) is 0. The molecule has 0 bridgehead atoms. The van der Waals surface area contributed by atoms with E-state index in [0.29, 0.717) is 34.0 Å². The monoisotopic (exact) mass is 332 g/mol. The molecule has 0 amide bonds. The molecule has 0 unspecified atom stereocenters. The van der Waals surface area contributed by atoms with Gasteiger partial charge in [0.25, 0.3) is 0 Å². The predicted molar refractivity (Wildman–Crippen MR) is 90.3 cm³/mol. The van der Waals surface area contributed by atoms with Crippen LogP contribution in [0.1, 0.15) is 0 Å². The molecular weight excluding hydrogens is 323 g/mol. The van der Waals surface area contributed by atoms with E-state index in [-0.39, 0.29) is 0 Å². The molecule has 0 saturated heterocycles. The molecule has 2 rings (SSSR count). The van der Waals surface area contributed by atoms with Gasteiger partial charge in [0.05, 0.1) is 33.8 Å². The van der Waals surface area contributed by atoms with E-state index in [4.69, 9.17) is 23.2 Å². The standard InChI is InChI=1S/C16H10Cl2N2O2/c17-13-9-11(1-3-15(13)19-5-7-21)12-2-4-16(14(18)10-12)20-6-8-22/h1-10H. The number of hydrogen-bond acceptors (Lipinski definition) is 4. The Balaban J connectivity index is 2.36. The van der Waals surface area contributed by atoms with Crippen LogP contribution in [0.25, 0.3) is 11.1 Å². The smallest absolute Gasteiger partial charge is 0.161 e. The van der Waals surface area contributed by atoms with Crippen LogP contribution in [0, 0.1) is 0 Å². The van der Waals surface area contributed by atoms with Gasteiger partial charge in [-0.2, -0.15) is 0 Å². The summed E-state index contributed by atoms with van der Waals surface area (Å²) in [5, 5.41) is 0.851. The van der Waals surface area contributed by atoms with Crippen LogP contribution in [0.15, 0.2) is 46.4 Å². The van der Waals surface area contributed by atoms with Crippen molar-refractivity contribution in [2.24, 2.45) is 9.98 Å². The summed E-state index contributed by atoms with van der Waals surface area (Å²) in [5.74, 6) is 0. The highest BCUT2D eigenvalue weighted by Gasteiger charge is 2.05. The molecule has 0 saturated carbocycles. The van der Waals surface area contributed by atoms with Gasteiger partial charge in [-0.15, -0.1) is 0 Å². The first kappa shape index (κ1) is 16.1. The van der Waals surface area contributed by atoms with Crippen molar-refractivity contribution in [1.29, 1.82) is 0 Å². The van der Waals surface area contributed by atoms with Gasteiger partial charge in [-0.1, -0.05) is 35.3 Å². The Hall–Kier alpha value is -2.30. The first-order valence-electron chi connectivity index (χ1n) is 6.21. The topological polar surface area (TPSA) is 58.9 Å². The third-order valence-corrected chi connectivity index (χ3v) is 3.38. The molecule has 0 spiro atoms. The highest BCUT2D eigenvalue weighted by atomic mass is 35.5. The number of benzene rings is 2. The molecule has 0 atom stereocenters. The van der Waals surface area contributed by atoms with Crippen LogP contribution in [0.4, 0.5) is 11.4 Å². The molecular formula is C16H10Cl2N2O2. The van der Waals surface area contributed by atoms with Crippen LogP contribution in [-0.4, -0.2) is 25.0 Å². The summed E-state index contributed by atoms with van der Waals surface area (Å²) in [6, 6.07) is 10.5. The molecule has 0 radical (unpaired) electrons. The average Bonchev–Trinajstić information content (AvgIpc) is 2.52. The maximum Gasteiger partial charge on any atom is 0.161 e. The van der Waals surface area contributed by atoms with E-state index in [1.807, 2.05) is 12.1 Å². The van der Waals surface area contributed by atoms with Crippen LogP contribution in [0.5, 0.6) is 0 Å². The number of aldehydes is 2. The van der Waals surface area contributed by atoms with E-state index in [1.54, 1.807) is 24.3 Å². The van der Waals surface area contributed by atoms with Crippen LogP contribution < -0.4 is 0 Å². The molecule has 4 nitrogen and oxygen atoms in total. The number of carbonyl (C=O) groups is 2. The Labute approximate surface area is 137 Å². The summed E-state index contributed by atoms with van der Waals surface area (Å²) in [6.07, 6.45) is 3.44. The molecule has 6 heteroatoms. The lowest BCUT2D eigenvalue weighted by Crippen LogP contribution is -1.81. The number of nitrogens with zero attached hydrogens (tertiary/aromatic N) is 2. The van der Waals surface area contributed by atoms with Gasteiger partial charge in [0, 0.05) is 0 Å². The normalized spacial score (nSPS) is 11.2. The number of halogens is 2. The van der Waals surface area contributed by atoms with E-state index < -0.39 is 0 Å². The fourth-order valence-electron chi connectivity index (χ4n) is 1.80. The minimum atomic E-state index is 0.426. The third kappa shape index (κ3) is 3.87.